The standard InChI is InChI=1S/C18H19N3O/c1-11-3-8-16-14(9-11)17(15(10-19)18(20)21-16)12-4-6-13(22-2)7-5-12/h4-7,11H,3,8-9H2,1-2H3,(H2,20,21). The number of nitriles is 1. The van der Waals surface area contributed by atoms with Crippen molar-refractivity contribution in [2.75, 3.05) is 12.8 Å². The molecular weight excluding hydrogens is 274 g/mol. The van der Waals surface area contributed by atoms with Gasteiger partial charge in [-0.3, -0.25) is 0 Å². The molecule has 1 aromatic carbocycles. The number of benzene rings is 1. The number of rotatable bonds is 2. The van der Waals surface area contributed by atoms with E-state index in [9.17, 15) is 5.26 Å². The topological polar surface area (TPSA) is 71.9 Å². The first-order valence-corrected chi connectivity index (χ1v) is 7.49. The maximum atomic E-state index is 9.53. The Hall–Kier alpha value is -2.54. The van der Waals surface area contributed by atoms with Crippen molar-refractivity contribution >= 4 is 5.82 Å². The number of fused-ring (bicyclic) bond motifs is 1. The van der Waals surface area contributed by atoms with Crippen LogP contribution in [-0.2, 0) is 12.8 Å². The molecule has 1 aliphatic rings. The third-order valence-electron chi connectivity index (χ3n) is 4.33. The Kier molecular flexibility index (Phi) is 3.72. The molecule has 0 saturated heterocycles. The number of ether oxygens (including phenoxy) is 1. The zero-order valence-corrected chi connectivity index (χ0v) is 12.9. The van der Waals surface area contributed by atoms with Crippen LogP contribution < -0.4 is 10.5 Å². The normalized spacial score (nSPS) is 16.7. The molecule has 3 rings (SSSR count). The average Bonchev–Trinajstić information content (AvgIpc) is 2.54. The van der Waals surface area contributed by atoms with Crippen LogP contribution in [0.15, 0.2) is 24.3 Å². The summed E-state index contributed by atoms with van der Waals surface area (Å²) >= 11 is 0. The molecule has 2 aromatic rings. The zero-order chi connectivity index (χ0) is 15.7. The quantitative estimate of drug-likeness (QED) is 0.921. The van der Waals surface area contributed by atoms with Crippen LogP contribution in [0.1, 0.15) is 30.2 Å². The highest BCUT2D eigenvalue weighted by atomic mass is 16.5. The second-order valence-corrected chi connectivity index (χ2v) is 5.86. The van der Waals surface area contributed by atoms with Gasteiger partial charge in [-0.05, 0) is 48.4 Å². The predicted octanol–water partition coefficient (Wildman–Crippen LogP) is 3.34. The third kappa shape index (κ3) is 2.39. The van der Waals surface area contributed by atoms with Crippen LogP contribution in [0.4, 0.5) is 5.82 Å². The molecule has 22 heavy (non-hydrogen) atoms. The lowest BCUT2D eigenvalue weighted by molar-refractivity contribution is 0.415. The van der Waals surface area contributed by atoms with Crippen LogP contribution in [-0.4, -0.2) is 12.1 Å². The molecule has 1 heterocycles. The Morgan fingerprint density at radius 3 is 2.68 bits per heavy atom. The minimum absolute atomic E-state index is 0.335. The summed E-state index contributed by atoms with van der Waals surface area (Å²) < 4.78 is 5.21. The van der Waals surface area contributed by atoms with E-state index < -0.39 is 0 Å². The van der Waals surface area contributed by atoms with E-state index in [-0.39, 0.29) is 0 Å². The summed E-state index contributed by atoms with van der Waals surface area (Å²) in [7, 11) is 1.64. The van der Waals surface area contributed by atoms with Gasteiger partial charge in [0.1, 0.15) is 23.2 Å². The molecule has 1 aromatic heterocycles. The Balaban J connectivity index is 2.23. The first-order chi connectivity index (χ1) is 10.6. The van der Waals surface area contributed by atoms with Crippen molar-refractivity contribution in [2.24, 2.45) is 5.92 Å². The van der Waals surface area contributed by atoms with E-state index in [0.29, 0.717) is 17.3 Å². The molecule has 0 bridgehead atoms. The van der Waals surface area contributed by atoms with Gasteiger partial charge in [0.25, 0.3) is 0 Å². The van der Waals surface area contributed by atoms with Gasteiger partial charge in [-0.15, -0.1) is 0 Å². The van der Waals surface area contributed by atoms with E-state index in [1.54, 1.807) is 7.11 Å². The molecular formula is C18H19N3O. The third-order valence-corrected chi connectivity index (χ3v) is 4.33. The van der Waals surface area contributed by atoms with E-state index in [1.807, 2.05) is 24.3 Å². The first-order valence-electron chi connectivity index (χ1n) is 7.49. The molecule has 0 spiro atoms. The predicted molar refractivity (Wildman–Crippen MR) is 86.5 cm³/mol. The van der Waals surface area contributed by atoms with Gasteiger partial charge in [0, 0.05) is 11.3 Å². The Bertz CT molecular complexity index is 744. The highest BCUT2D eigenvalue weighted by Gasteiger charge is 2.24. The summed E-state index contributed by atoms with van der Waals surface area (Å²) in [6, 6.07) is 10.0. The van der Waals surface area contributed by atoms with Crippen LogP contribution in [0.25, 0.3) is 11.1 Å². The second-order valence-electron chi connectivity index (χ2n) is 5.86. The van der Waals surface area contributed by atoms with E-state index in [0.717, 1.165) is 41.8 Å². The maximum absolute atomic E-state index is 9.53. The number of anilines is 1. The number of hydrogen-bond acceptors (Lipinski definition) is 4. The maximum Gasteiger partial charge on any atom is 0.142 e. The molecule has 0 fully saturated rings. The molecule has 2 N–H and O–H groups in total. The molecule has 4 heteroatoms. The van der Waals surface area contributed by atoms with Crippen molar-refractivity contribution in [1.29, 1.82) is 5.26 Å². The van der Waals surface area contributed by atoms with Gasteiger partial charge in [0.05, 0.1) is 7.11 Å². The summed E-state index contributed by atoms with van der Waals surface area (Å²) in [5.41, 5.74) is 10.7. The summed E-state index contributed by atoms with van der Waals surface area (Å²) in [6.07, 6.45) is 2.99. The van der Waals surface area contributed by atoms with Crippen molar-refractivity contribution in [3.05, 3.63) is 41.1 Å². The van der Waals surface area contributed by atoms with Crippen LogP contribution in [0.3, 0.4) is 0 Å². The molecule has 1 aliphatic carbocycles. The van der Waals surface area contributed by atoms with Crippen molar-refractivity contribution in [3.8, 4) is 22.9 Å². The summed E-state index contributed by atoms with van der Waals surface area (Å²) in [5.74, 6) is 1.73. The molecule has 1 unspecified atom stereocenters. The van der Waals surface area contributed by atoms with E-state index in [1.165, 1.54) is 5.56 Å². The molecule has 0 aliphatic heterocycles. The zero-order valence-electron chi connectivity index (χ0n) is 12.9. The number of aryl methyl sites for hydroxylation is 1. The molecule has 112 valence electrons. The van der Waals surface area contributed by atoms with Crippen LogP contribution in [0.5, 0.6) is 5.75 Å². The number of nitrogens with two attached hydrogens (primary N) is 1. The monoisotopic (exact) mass is 293 g/mol. The average molecular weight is 293 g/mol. The van der Waals surface area contributed by atoms with Crippen molar-refractivity contribution in [3.63, 3.8) is 0 Å². The van der Waals surface area contributed by atoms with Crippen molar-refractivity contribution < 1.29 is 4.74 Å². The number of aromatic nitrogens is 1. The largest absolute Gasteiger partial charge is 0.497 e. The van der Waals surface area contributed by atoms with Gasteiger partial charge in [-0.2, -0.15) is 5.26 Å². The van der Waals surface area contributed by atoms with Crippen LogP contribution >= 0.6 is 0 Å². The lowest BCUT2D eigenvalue weighted by atomic mass is 9.82. The summed E-state index contributed by atoms with van der Waals surface area (Å²) in [5, 5.41) is 9.53. The number of nitrogen functional groups attached to an aromatic ring is 1. The fourth-order valence-electron chi connectivity index (χ4n) is 3.14. The SMILES string of the molecule is COc1ccc(-c2c(C#N)c(N)nc3c2CC(C)CC3)cc1. The minimum Gasteiger partial charge on any atom is -0.497 e. The highest BCUT2D eigenvalue weighted by Crippen LogP contribution is 2.37. The van der Waals surface area contributed by atoms with Gasteiger partial charge >= 0.3 is 0 Å². The molecule has 0 amide bonds. The fraction of sp³-hybridized carbons (Fsp3) is 0.333. The van der Waals surface area contributed by atoms with E-state index in [2.05, 4.69) is 18.0 Å². The van der Waals surface area contributed by atoms with Crippen molar-refractivity contribution in [2.45, 2.75) is 26.2 Å². The van der Waals surface area contributed by atoms with Crippen LogP contribution in [0, 0.1) is 17.2 Å². The van der Waals surface area contributed by atoms with Crippen molar-refractivity contribution in [1.82, 2.24) is 4.98 Å². The summed E-state index contributed by atoms with van der Waals surface area (Å²) in [6.45, 7) is 2.24. The van der Waals surface area contributed by atoms with Gasteiger partial charge in [-0.1, -0.05) is 19.1 Å². The smallest absolute Gasteiger partial charge is 0.142 e. The fourth-order valence-corrected chi connectivity index (χ4v) is 3.14. The van der Waals surface area contributed by atoms with E-state index >= 15 is 0 Å². The number of methoxy groups -OCH3 is 1. The van der Waals surface area contributed by atoms with Gasteiger partial charge < -0.3 is 10.5 Å². The molecule has 0 saturated carbocycles. The number of pyridine rings is 1. The minimum atomic E-state index is 0.335. The Morgan fingerprint density at radius 1 is 1.32 bits per heavy atom. The number of nitrogens with zero attached hydrogens (tertiary/aromatic N) is 2. The molecule has 0 radical (unpaired) electrons. The lowest BCUT2D eigenvalue weighted by Gasteiger charge is -2.25. The number of hydrogen-bond donors (Lipinski definition) is 1. The molecule has 1 atom stereocenters. The first kappa shape index (κ1) is 14.4. The van der Waals surface area contributed by atoms with Gasteiger partial charge in [0.15, 0.2) is 0 Å². The van der Waals surface area contributed by atoms with Gasteiger partial charge in [0.2, 0.25) is 0 Å². The highest BCUT2D eigenvalue weighted by molar-refractivity contribution is 5.79. The Labute approximate surface area is 130 Å². The second kappa shape index (κ2) is 5.69. The molecule has 4 nitrogen and oxygen atoms in total. The lowest BCUT2D eigenvalue weighted by Crippen LogP contribution is -2.16. The summed E-state index contributed by atoms with van der Waals surface area (Å²) in [4.78, 5) is 4.47. The van der Waals surface area contributed by atoms with Gasteiger partial charge in [-0.25, -0.2) is 4.98 Å². The van der Waals surface area contributed by atoms with Crippen LogP contribution in [0.2, 0.25) is 0 Å². The Morgan fingerprint density at radius 2 is 2.05 bits per heavy atom. The van der Waals surface area contributed by atoms with E-state index in [4.69, 9.17) is 10.5 Å².